The Morgan fingerprint density at radius 1 is 1.22 bits per heavy atom. The van der Waals surface area contributed by atoms with E-state index in [1.165, 1.54) is 35.0 Å². The summed E-state index contributed by atoms with van der Waals surface area (Å²) in [5.41, 5.74) is 3.72. The molecule has 4 rings (SSSR count). The van der Waals surface area contributed by atoms with Crippen LogP contribution in [-0.2, 0) is 4.79 Å². The molecular formula is C22H18BrClN2O3S3. The summed E-state index contributed by atoms with van der Waals surface area (Å²) in [7, 11) is 0. The lowest BCUT2D eigenvalue weighted by Gasteiger charge is -2.09. The molecule has 1 amide bonds. The van der Waals surface area contributed by atoms with Gasteiger partial charge < -0.3 is 9.15 Å². The van der Waals surface area contributed by atoms with Crippen LogP contribution >= 0.6 is 62.8 Å². The van der Waals surface area contributed by atoms with Crippen LogP contribution in [0, 0.1) is 0 Å². The van der Waals surface area contributed by atoms with Crippen molar-refractivity contribution in [3.8, 4) is 5.75 Å². The number of ether oxygens (including phenoxy) is 1. The van der Waals surface area contributed by atoms with Crippen molar-refractivity contribution >= 4 is 74.9 Å². The molecule has 0 bridgehead atoms. The molecule has 2 aromatic carbocycles. The monoisotopic (exact) mass is 568 g/mol. The predicted molar refractivity (Wildman–Crippen MR) is 137 cm³/mol. The van der Waals surface area contributed by atoms with E-state index in [0.29, 0.717) is 26.2 Å². The normalized spacial score (nSPS) is 14.2. The molecule has 1 fully saturated rings. The van der Waals surface area contributed by atoms with Gasteiger partial charge in [0.25, 0.3) is 5.91 Å². The highest BCUT2D eigenvalue weighted by atomic mass is 79.9. The van der Waals surface area contributed by atoms with Crippen LogP contribution < -0.4 is 10.2 Å². The zero-order chi connectivity index (χ0) is 22.3. The van der Waals surface area contributed by atoms with Gasteiger partial charge in [-0.05, 0) is 57.9 Å². The van der Waals surface area contributed by atoms with Crippen molar-refractivity contribution in [3.05, 3.63) is 75.4 Å². The molecule has 0 spiro atoms. The Bertz CT molecular complexity index is 1080. The standard InChI is InChI=1S/C22H18BrClN2O3S3/c23-19-11-17(29-21(19)32-18-7-3-15(24)4-8-18)12-25-26-20(27)13-28-16-5-1-14(2-6-16)22-30-9-10-31-22/h1-8,11-12,22H,9-10,13H2,(H,26,27)/b25-12-. The van der Waals surface area contributed by atoms with Crippen LogP contribution in [0.5, 0.6) is 5.75 Å². The van der Waals surface area contributed by atoms with Crippen LogP contribution in [0.4, 0.5) is 0 Å². The lowest BCUT2D eigenvalue weighted by atomic mass is 10.2. The number of furan rings is 1. The largest absolute Gasteiger partial charge is 0.484 e. The number of carbonyl (C=O) groups is 1. The van der Waals surface area contributed by atoms with Crippen LogP contribution in [0.3, 0.4) is 0 Å². The minimum absolute atomic E-state index is 0.122. The Morgan fingerprint density at radius 2 is 1.94 bits per heavy atom. The number of nitrogens with zero attached hydrogens (tertiary/aromatic N) is 1. The van der Waals surface area contributed by atoms with Crippen LogP contribution in [0.25, 0.3) is 0 Å². The van der Waals surface area contributed by atoms with E-state index in [-0.39, 0.29) is 12.5 Å². The summed E-state index contributed by atoms with van der Waals surface area (Å²) in [6, 6.07) is 17.1. The van der Waals surface area contributed by atoms with E-state index in [9.17, 15) is 4.79 Å². The van der Waals surface area contributed by atoms with Gasteiger partial charge in [-0.3, -0.25) is 4.79 Å². The van der Waals surface area contributed by atoms with Crippen molar-refractivity contribution in [2.75, 3.05) is 18.1 Å². The molecule has 0 atom stereocenters. The topological polar surface area (TPSA) is 63.8 Å². The average molecular weight is 570 g/mol. The Morgan fingerprint density at radius 3 is 2.66 bits per heavy atom. The smallest absolute Gasteiger partial charge is 0.277 e. The molecule has 32 heavy (non-hydrogen) atoms. The number of amides is 1. The van der Waals surface area contributed by atoms with E-state index in [0.717, 1.165) is 9.37 Å². The van der Waals surface area contributed by atoms with Gasteiger partial charge in [0.05, 0.1) is 15.3 Å². The fourth-order valence-corrected chi connectivity index (χ4v) is 7.05. The zero-order valence-corrected chi connectivity index (χ0v) is 21.4. The number of benzene rings is 2. The van der Waals surface area contributed by atoms with E-state index in [2.05, 4.69) is 38.6 Å². The highest BCUT2D eigenvalue weighted by Crippen LogP contribution is 2.45. The molecule has 166 valence electrons. The lowest BCUT2D eigenvalue weighted by molar-refractivity contribution is -0.123. The third kappa shape index (κ3) is 6.74. The van der Waals surface area contributed by atoms with Crippen molar-refractivity contribution in [1.29, 1.82) is 0 Å². The maximum Gasteiger partial charge on any atom is 0.277 e. The summed E-state index contributed by atoms with van der Waals surface area (Å²) >= 11 is 14.8. The number of halogens is 2. The van der Waals surface area contributed by atoms with Crippen LogP contribution in [0.15, 0.2) is 78.6 Å². The first kappa shape index (κ1) is 23.6. The fraction of sp³-hybridized carbons (Fsp3) is 0.182. The molecule has 0 radical (unpaired) electrons. The van der Waals surface area contributed by atoms with Crippen molar-refractivity contribution < 1.29 is 13.9 Å². The minimum Gasteiger partial charge on any atom is -0.484 e. The Labute approximate surface area is 212 Å². The molecule has 1 saturated heterocycles. The van der Waals surface area contributed by atoms with Gasteiger partial charge in [0.2, 0.25) is 0 Å². The van der Waals surface area contributed by atoms with E-state index >= 15 is 0 Å². The van der Waals surface area contributed by atoms with Gasteiger partial charge in [0.1, 0.15) is 11.5 Å². The number of hydrogen-bond acceptors (Lipinski definition) is 7. The molecule has 0 aliphatic carbocycles. The summed E-state index contributed by atoms with van der Waals surface area (Å²) in [6.45, 7) is -0.122. The Hall–Kier alpha value is -1.52. The second kappa shape index (κ2) is 11.6. The van der Waals surface area contributed by atoms with E-state index in [1.54, 1.807) is 6.07 Å². The number of rotatable bonds is 8. The van der Waals surface area contributed by atoms with Gasteiger partial charge in [-0.2, -0.15) is 5.10 Å². The second-order valence-electron chi connectivity index (χ2n) is 6.56. The fourth-order valence-electron chi connectivity index (χ4n) is 2.73. The predicted octanol–water partition coefficient (Wildman–Crippen LogP) is 6.85. The zero-order valence-electron chi connectivity index (χ0n) is 16.6. The molecule has 3 aromatic rings. The van der Waals surface area contributed by atoms with Crippen LogP contribution in [0.2, 0.25) is 5.02 Å². The van der Waals surface area contributed by atoms with Crippen molar-refractivity contribution in [3.63, 3.8) is 0 Å². The summed E-state index contributed by atoms with van der Waals surface area (Å²) < 4.78 is 12.6. The minimum atomic E-state index is -0.353. The molecule has 2 heterocycles. The van der Waals surface area contributed by atoms with E-state index in [4.69, 9.17) is 20.8 Å². The van der Waals surface area contributed by atoms with E-state index in [1.807, 2.05) is 59.9 Å². The number of nitrogens with one attached hydrogen (secondary N) is 1. The lowest BCUT2D eigenvalue weighted by Crippen LogP contribution is -2.24. The number of carbonyl (C=O) groups excluding carboxylic acids is 1. The van der Waals surface area contributed by atoms with Gasteiger partial charge in [-0.15, -0.1) is 23.5 Å². The molecule has 1 aliphatic rings. The van der Waals surface area contributed by atoms with Crippen molar-refractivity contribution in [2.45, 2.75) is 14.6 Å². The van der Waals surface area contributed by atoms with Gasteiger partial charge in [0, 0.05) is 27.5 Å². The average Bonchev–Trinajstić information content (AvgIpc) is 3.45. The van der Waals surface area contributed by atoms with Crippen molar-refractivity contribution in [2.24, 2.45) is 5.10 Å². The third-order valence-electron chi connectivity index (χ3n) is 4.22. The van der Waals surface area contributed by atoms with Gasteiger partial charge in [0.15, 0.2) is 11.7 Å². The first-order valence-corrected chi connectivity index (χ1v) is 13.7. The highest BCUT2D eigenvalue weighted by Gasteiger charge is 2.18. The molecular weight excluding hydrogens is 552 g/mol. The second-order valence-corrected chi connectivity index (χ2v) is 11.6. The molecule has 0 unspecified atom stereocenters. The molecule has 1 N–H and O–H groups in total. The first-order valence-electron chi connectivity index (χ1n) is 9.57. The Balaban J connectivity index is 1.24. The summed E-state index contributed by atoms with van der Waals surface area (Å²) in [5, 5.41) is 5.30. The van der Waals surface area contributed by atoms with Gasteiger partial charge in [-0.25, -0.2) is 5.43 Å². The number of hydrogen-bond donors (Lipinski definition) is 1. The maximum absolute atomic E-state index is 12.0. The quantitative estimate of drug-likeness (QED) is 0.236. The van der Waals surface area contributed by atoms with Crippen LogP contribution in [-0.4, -0.2) is 30.2 Å². The highest BCUT2D eigenvalue weighted by molar-refractivity contribution is 9.10. The molecule has 0 saturated carbocycles. The number of thioether (sulfide) groups is 2. The van der Waals surface area contributed by atoms with Gasteiger partial charge in [-0.1, -0.05) is 35.5 Å². The molecule has 5 nitrogen and oxygen atoms in total. The van der Waals surface area contributed by atoms with E-state index < -0.39 is 0 Å². The summed E-state index contributed by atoms with van der Waals surface area (Å²) in [6.07, 6.45) is 1.44. The maximum atomic E-state index is 12.0. The molecule has 10 heteroatoms. The molecule has 1 aromatic heterocycles. The third-order valence-corrected chi connectivity index (χ3v) is 9.43. The van der Waals surface area contributed by atoms with Gasteiger partial charge >= 0.3 is 0 Å². The number of hydrazone groups is 1. The summed E-state index contributed by atoms with van der Waals surface area (Å²) in [4.78, 5) is 13.0. The Kier molecular flexibility index (Phi) is 8.54. The SMILES string of the molecule is O=C(COc1ccc(C2SCCS2)cc1)N/N=C\c1cc(Br)c(Sc2ccc(Cl)cc2)o1. The first-order chi connectivity index (χ1) is 15.6. The molecule has 1 aliphatic heterocycles. The summed E-state index contributed by atoms with van der Waals surface area (Å²) in [5.74, 6) is 3.18. The van der Waals surface area contributed by atoms with Crippen LogP contribution in [0.1, 0.15) is 15.9 Å². The van der Waals surface area contributed by atoms with Crippen molar-refractivity contribution in [1.82, 2.24) is 5.43 Å².